The van der Waals surface area contributed by atoms with E-state index in [1.807, 2.05) is 24.3 Å². The maximum Gasteiger partial charge on any atom is 0.169 e. The Kier molecular flexibility index (Phi) is 3.63. The van der Waals surface area contributed by atoms with Crippen molar-refractivity contribution in [3.8, 4) is 0 Å². The lowest BCUT2D eigenvalue weighted by atomic mass is 9.69. The van der Waals surface area contributed by atoms with E-state index in [2.05, 4.69) is 59.4 Å². The zero-order valence-corrected chi connectivity index (χ0v) is 16.9. The SMILES string of the molecule is CC1(C)CC(=O)C2=C(C1)Nc1ccc3ccccc3c1[C@H]2c1ccc(Br)o1. The molecule has 5 rings (SSSR count). The number of benzene rings is 2. The molecule has 1 aromatic heterocycles. The molecule has 27 heavy (non-hydrogen) atoms. The van der Waals surface area contributed by atoms with Gasteiger partial charge >= 0.3 is 0 Å². The summed E-state index contributed by atoms with van der Waals surface area (Å²) in [6, 6.07) is 16.5. The molecule has 1 aliphatic carbocycles. The predicted octanol–water partition coefficient (Wildman–Crippen LogP) is 6.40. The second kappa shape index (κ2) is 5.83. The number of halogens is 1. The molecule has 2 aromatic carbocycles. The summed E-state index contributed by atoms with van der Waals surface area (Å²) in [6.45, 7) is 4.31. The molecule has 136 valence electrons. The summed E-state index contributed by atoms with van der Waals surface area (Å²) in [6.07, 6.45) is 1.42. The first-order valence-corrected chi connectivity index (χ1v) is 10.0. The maximum absolute atomic E-state index is 13.2. The van der Waals surface area contributed by atoms with E-state index in [-0.39, 0.29) is 17.1 Å². The number of furan rings is 1. The van der Waals surface area contributed by atoms with Gasteiger partial charge in [-0.3, -0.25) is 4.79 Å². The summed E-state index contributed by atoms with van der Waals surface area (Å²) < 4.78 is 6.66. The number of ketones is 1. The number of rotatable bonds is 1. The first-order chi connectivity index (χ1) is 12.9. The molecule has 1 N–H and O–H groups in total. The molecule has 2 heterocycles. The van der Waals surface area contributed by atoms with Gasteiger partial charge in [0.25, 0.3) is 0 Å². The van der Waals surface area contributed by atoms with Crippen LogP contribution in [0.1, 0.15) is 43.9 Å². The predicted molar refractivity (Wildman–Crippen MR) is 111 cm³/mol. The molecular formula is C23H20BrNO2. The molecule has 0 saturated heterocycles. The van der Waals surface area contributed by atoms with Crippen molar-refractivity contribution in [2.75, 3.05) is 5.32 Å². The zero-order valence-electron chi connectivity index (χ0n) is 15.3. The lowest BCUT2D eigenvalue weighted by molar-refractivity contribution is -0.118. The number of hydrogen-bond donors (Lipinski definition) is 1. The smallest absolute Gasteiger partial charge is 0.169 e. The molecule has 0 bridgehead atoms. The average molecular weight is 422 g/mol. The van der Waals surface area contributed by atoms with Crippen molar-refractivity contribution in [2.45, 2.75) is 32.6 Å². The Balaban J connectivity index is 1.82. The van der Waals surface area contributed by atoms with Crippen LogP contribution in [-0.2, 0) is 4.79 Å². The van der Waals surface area contributed by atoms with Crippen LogP contribution in [0.4, 0.5) is 5.69 Å². The van der Waals surface area contributed by atoms with Crippen molar-refractivity contribution < 1.29 is 9.21 Å². The number of Topliss-reactive ketones (excluding diaryl/α,β-unsaturated/α-hetero) is 1. The standard InChI is InChI=1S/C23H20BrNO2/c1-23(2)11-16-21(17(26)12-23)22(18-9-10-19(24)27-18)20-14-6-4-3-5-13(14)7-8-15(20)25-16/h3-10,22,25H,11-12H2,1-2H3/t22-/m1/s1. The lowest BCUT2D eigenvalue weighted by Gasteiger charge is -2.39. The van der Waals surface area contributed by atoms with E-state index in [1.54, 1.807) is 0 Å². The van der Waals surface area contributed by atoms with Gasteiger partial charge in [0.05, 0.1) is 5.92 Å². The van der Waals surface area contributed by atoms with Crippen LogP contribution in [0.3, 0.4) is 0 Å². The first kappa shape index (κ1) is 16.8. The van der Waals surface area contributed by atoms with E-state index in [9.17, 15) is 4.79 Å². The van der Waals surface area contributed by atoms with E-state index in [0.717, 1.165) is 40.1 Å². The number of anilines is 1. The molecule has 0 fully saturated rings. The highest BCUT2D eigenvalue weighted by molar-refractivity contribution is 9.10. The van der Waals surface area contributed by atoms with Gasteiger partial charge in [-0.05, 0) is 62.3 Å². The Morgan fingerprint density at radius 1 is 1.07 bits per heavy atom. The third kappa shape index (κ3) is 2.66. The number of nitrogens with one attached hydrogen (secondary N) is 1. The van der Waals surface area contributed by atoms with Gasteiger partial charge in [-0.25, -0.2) is 0 Å². The normalized spacial score (nSPS) is 21.0. The van der Waals surface area contributed by atoms with Gasteiger partial charge in [0.2, 0.25) is 0 Å². The molecule has 0 unspecified atom stereocenters. The Morgan fingerprint density at radius 3 is 2.67 bits per heavy atom. The highest BCUT2D eigenvalue weighted by Crippen LogP contribution is 2.51. The average Bonchev–Trinajstić information content (AvgIpc) is 3.04. The molecule has 3 aromatic rings. The second-order valence-electron chi connectivity index (χ2n) is 8.28. The topological polar surface area (TPSA) is 42.2 Å². The summed E-state index contributed by atoms with van der Waals surface area (Å²) in [5.74, 6) is 0.837. The minimum atomic E-state index is -0.183. The molecule has 1 aliphatic heterocycles. The molecule has 4 heteroatoms. The molecule has 1 atom stereocenters. The third-order valence-electron chi connectivity index (χ3n) is 5.63. The molecule has 0 amide bonds. The Bertz CT molecular complexity index is 1120. The van der Waals surface area contributed by atoms with Crippen LogP contribution < -0.4 is 5.32 Å². The van der Waals surface area contributed by atoms with E-state index in [0.29, 0.717) is 11.1 Å². The van der Waals surface area contributed by atoms with Crippen LogP contribution in [0.25, 0.3) is 10.8 Å². The Labute approximate surface area is 166 Å². The Morgan fingerprint density at radius 2 is 1.89 bits per heavy atom. The number of carbonyl (C=O) groups excluding carboxylic acids is 1. The van der Waals surface area contributed by atoms with Crippen molar-refractivity contribution >= 4 is 38.2 Å². The minimum absolute atomic E-state index is 0.0361. The van der Waals surface area contributed by atoms with Crippen LogP contribution >= 0.6 is 15.9 Å². The molecule has 3 nitrogen and oxygen atoms in total. The molecule has 0 radical (unpaired) electrons. The molecule has 0 spiro atoms. The van der Waals surface area contributed by atoms with Crippen molar-refractivity contribution in [2.24, 2.45) is 5.41 Å². The van der Waals surface area contributed by atoms with Gasteiger partial charge in [-0.1, -0.05) is 44.2 Å². The van der Waals surface area contributed by atoms with Crippen molar-refractivity contribution in [3.05, 3.63) is 75.8 Å². The fraction of sp³-hybridized carbons (Fsp3) is 0.261. The second-order valence-corrected chi connectivity index (χ2v) is 9.06. The highest BCUT2D eigenvalue weighted by Gasteiger charge is 2.42. The van der Waals surface area contributed by atoms with E-state index in [4.69, 9.17) is 4.42 Å². The van der Waals surface area contributed by atoms with Crippen molar-refractivity contribution in [3.63, 3.8) is 0 Å². The summed E-state index contributed by atoms with van der Waals surface area (Å²) in [5, 5.41) is 5.91. The highest BCUT2D eigenvalue weighted by atomic mass is 79.9. The molecule has 0 saturated carbocycles. The van der Waals surface area contributed by atoms with Crippen LogP contribution in [0.2, 0.25) is 0 Å². The van der Waals surface area contributed by atoms with Crippen LogP contribution in [0.15, 0.2) is 68.9 Å². The van der Waals surface area contributed by atoms with Crippen LogP contribution in [-0.4, -0.2) is 5.78 Å². The fourth-order valence-corrected chi connectivity index (χ4v) is 4.89. The Hall–Kier alpha value is -2.33. The maximum atomic E-state index is 13.2. The van der Waals surface area contributed by atoms with Gasteiger partial charge in [0.1, 0.15) is 5.76 Å². The van der Waals surface area contributed by atoms with Crippen molar-refractivity contribution in [1.29, 1.82) is 0 Å². The quantitative estimate of drug-likeness (QED) is 0.494. The minimum Gasteiger partial charge on any atom is -0.453 e. The van der Waals surface area contributed by atoms with Gasteiger partial charge < -0.3 is 9.73 Å². The third-order valence-corrected chi connectivity index (χ3v) is 6.06. The summed E-state index contributed by atoms with van der Waals surface area (Å²) in [4.78, 5) is 13.2. The number of fused-ring (bicyclic) bond motifs is 3. The van der Waals surface area contributed by atoms with Gasteiger partial charge in [0.15, 0.2) is 10.5 Å². The fourth-order valence-electron chi connectivity index (χ4n) is 4.57. The van der Waals surface area contributed by atoms with E-state index in [1.165, 1.54) is 5.39 Å². The zero-order chi connectivity index (χ0) is 18.8. The van der Waals surface area contributed by atoms with E-state index >= 15 is 0 Å². The molecular weight excluding hydrogens is 402 g/mol. The molecule has 2 aliphatic rings. The van der Waals surface area contributed by atoms with Gasteiger partial charge in [0, 0.05) is 23.4 Å². The van der Waals surface area contributed by atoms with Crippen LogP contribution in [0.5, 0.6) is 0 Å². The lowest BCUT2D eigenvalue weighted by Crippen LogP contribution is -2.33. The largest absolute Gasteiger partial charge is 0.453 e. The van der Waals surface area contributed by atoms with E-state index < -0.39 is 0 Å². The summed E-state index contributed by atoms with van der Waals surface area (Å²) >= 11 is 3.43. The number of carbonyl (C=O) groups is 1. The van der Waals surface area contributed by atoms with Crippen molar-refractivity contribution in [1.82, 2.24) is 0 Å². The number of allylic oxidation sites excluding steroid dienone is 2. The summed E-state index contributed by atoms with van der Waals surface area (Å²) in [7, 11) is 0. The number of hydrogen-bond acceptors (Lipinski definition) is 3. The monoisotopic (exact) mass is 421 g/mol. The summed E-state index contributed by atoms with van der Waals surface area (Å²) in [5.41, 5.74) is 4.06. The van der Waals surface area contributed by atoms with Gasteiger partial charge in [-0.2, -0.15) is 0 Å². The van der Waals surface area contributed by atoms with Crippen LogP contribution in [0, 0.1) is 5.41 Å². The van der Waals surface area contributed by atoms with Gasteiger partial charge in [-0.15, -0.1) is 0 Å². The first-order valence-electron chi connectivity index (χ1n) is 9.23.